The third-order valence-electron chi connectivity index (χ3n) is 4.55. The Morgan fingerprint density at radius 1 is 1.06 bits per heavy atom. The molecule has 2 aliphatic rings. The second kappa shape index (κ2) is 9.20. The number of hydrogen-bond acceptors (Lipinski definition) is 7. The standard InChI is InChI=1S/C16H15N5O2.C4H6O4/c1-10-9-12(11-5-3-2-4-6-11)21-15(17-10)18-16(19-21)20-13(22)7-8-14(20)23;5-3(6)1-2-4(7)8/h2-6,9,12H,7-8H2,1H3,(H,17,18,19);1-2H2,(H,5,6)(H,7,8). The smallest absolute Gasteiger partial charge is 0.303 e. The molecule has 0 radical (unpaired) electrons. The van der Waals surface area contributed by atoms with Crippen molar-refractivity contribution in [2.75, 3.05) is 10.2 Å². The number of nitrogens with zero attached hydrogens (tertiary/aromatic N) is 4. The lowest BCUT2D eigenvalue weighted by Crippen LogP contribution is -2.29. The average molecular weight is 427 g/mol. The van der Waals surface area contributed by atoms with Gasteiger partial charge < -0.3 is 15.5 Å². The summed E-state index contributed by atoms with van der Waals surface area (Å²) in [5, 5.41) is 23.3. The number of hydrogen-bond donors (Lipinski definition) is 3. The van der Waals surface area contributed by atoms with Crippen LogP contribution in [-0.4, -0.2) is 48.7 Å². The third-order valence-corrected chi connectivity index (χ3v) is 4.55. The summed E-state index contributed by atoms with van der Waals surface area (Å²) in [6.07, 6.45) is 1.88. The molecule has 2 amide bonds. The van der Waals surface area contributed by atoms with Gasteiger partial charge in [0.25, 0.3) is 5.95 Å². The van der Waals surface area contributed by atoms with Crippen LogP contribution in [0.1, 0.15) is 44.2 Å². The molecule has 31 heavy (non-hydrogen) atoms. The molecule has 2 aliphatic heterocycles. The lowest BCUT2D eigenvalue weighted by atomic mass is 10.1. The monoisotopic (exact) mass is 427 g/mol. The first kappa shape index (κ1) is 21.7. The van der Waals surface area contributed by atoms with Crippen molar-refractivity contribution < 1.29 is 29.4 Å². The van der Waals surface area contributed by atoms with Crippen molar-refractivity contribution in [1.29, 1.82) is 0 Å². The van der Waals surface area contributed by atoms with E-state index in [0.29, 0.717) is 5.95 Å². The Morgan fingerprint density at radius 3 is 2.19 bits per heavy atom. The highest BCUT2D eigenvalue weighted by Crippen LogP contribution is 2.31. The van der Waals surface area contributed by atoms with Crippen LogP contribution in [0, 0.1) is 0 Å². The molecule has 1 unspecified atom stereocenters. The summed E-state index contributed by atoms with van der Waals surface area (Å²) in [6, 6.07) is 9.78. The fourth-order valence-electron chi connectivity index (χ4n) is 3.11. The summed E-state index contributed by atoms with van der Waals surface area (Å²) in [7, 11) is 0. The van der Waals surface area contributed by atoms with Crippen molar-refractivity contribution in [3.63, 3.8) is 0 Å². The molecule has 0 spiro atoms. The van der Waals surface area contributed by atoms with E-state index in [4.69, 9.17) is 10.2 Å². The zero-order chi connectivity index (χ0) is 22.5. The second-order valence-corrected chi connectivity index (χ2v) is 6.92. The first-order chi connectivity index (χ1) is 14.8. The summed E-state index contributed by atoms with van der Waals surface area (Å²) in [6.45, 7) is 1.94. The number of amides is 2. The third kappa shape index (κ3) is 5.13. The van der Waals surface area contributed by atoms with Gasteiger partial charge in [-0.1, -0.05) is 30.3 Å². The van der Waals surface area contributed by atoms with E-state index < -0.39 is 11.9 Å². The highest BCUT2D eigenvalue weighted by atomic mass is 16.4. The van der Waals surface area contributed by atoms with Gasteiger partial charge in [-0.15, -0.1) is 5.10 Å². The number of anilines is 2. The number of carbonyl (C=O) groups excluding carboxylic acids is 2. The molecule has 1 aromatic heterocycles. The molecule has 4 rings (SSSR count). The predicted octanol–water partition coefficient (Wildman–Crippen LogP) is 1.79. The lowest BCUT2D eigenvalue weighted by Gasteiger charge is -2.22. The van der Waals surface area contributed by atoms with E-state index in [1.54, 1.807) is 4.68 Å². The molecule has 1 atom stereocenters. The minimum absolute atomic E-state index is 0.124. The van der Waals surface area contributed by atoms with Gasteiger partial charge in [0.2, 0.25) is 17.8 Å². The molecular formula is C20H21N5O6. The van der Waals surface area contributed by atoms with Crippen LogP contribution in [0.2, 0.25) is 0 Å². The fraction of sp³-hybridized carbons (Fsp3) is 0.300. The molecule has 0 aliphatic carbocycles. The fourth-order valence-corrected chi connectivity index (χ4v) is 3.11. The number of rotatable bonds is 5. The van der Waals surface area contributed by atoms with Gasteiger partial charge in [-0.25, -0.2) is 9.58 Å². The largest absolute Gasteiger partial charge is 0.481 e. The molecule has 3 N–H and O–H groups in total. The van der Waals surface area contributed by atoms with E-state index in [1.807, 2.05) is 43.3 Å². The minimum atomic E-state index is -1.08. The Bertz CT molecular complexity index is 1020. The van der Waals surface area contributed by atoms with Gasteiger partial charge in [-0.2, -0.15) is 4.98 Å². The maximum absolute atomic E-state index is 11.9. The summed E-state index contributed by atoms with van der Waals surface area (Å²) in [5.74, 6) is -1.98. The molecule has 162 valence electrons. The number of allylic oxidation sites excluding steroid dienone is 2. The molecular weight excluding hydrogens is 406 g/mol. The number of benzene rings is 1. The lowest BCUT2D eigenvalue weighted by molar-refractivity contribution is -0.143. The quantitative estimate of drug-likeness (QED) is 0.606. The minimum Gasteiger partial charge on any atom is -0.481 e. The van der Waals surface area contributed by atoms with E-state index >= 15 is 0 Å². The number of carbonyl (C=O) groups is 4. The van der Waals surface area contributed by atoms with Gasteiger partial charge in [0.15, 0.2) is 0 Å². The van der Waals surface area contributed by atoms with Gasteiger partial charge >= 0.3 is 11.9 Å². The van der Waals surface area contributed by atoms with Crippen LogP contribution < -0.4 is 10.2 Å². The number of carboxylic acid groups (broad SMARTS) is 2. The molecule has 0 saturated carbocycles. The molecule has 3 heterocycles. The normalized spacial score (nSPS) is 17.3. The summed E-state index contributed by atoms with van der Waals surface area (Å²) >= 11 is 0. The highest BCUT2D eigenvalue weighted by Gasteiger charge is 2.35. The van der Waals surface area contributed by atoms with Crippen molar-refractivity contribution in [2.45, 2.75) is 38.6 Å². The Labute approximate surface area is 177 Å². The number of carboxylic acids is 2. The number of nitrogens with one attached hydrogen (secondary N) is 1. The van der Waals surface area contributed by atoms with E-state index in [9.17, 15) is 19.2 Å². The maximum atomic E-state index is 11.9. The summed E-state index contributed by atoms with van der Waals surface area (Å²) in [4.78, 5) is 48.5. The Morgan fingerprint density at radius 2 is 1.65 bits per heavy atom. The van der Waals surface area contributed by atoms with Crippen LogP contribution in [0.4, 0.5) is 11.9 Å². The van der Waals surface area contributed by atoms with E-state index in [-0.39, 0.29) is 49.5 Å². The Hall–Kier alpha value is -4.02. The topological polar surface area (TPSA) is 155 Å². The van der Waals surface area contributed by atoms with Gasteiger partial charge in [-0.3, -0.25) is 19.2 Å². The molecule has 2 aromatic rings. The first-order valence-electron chi connectivity index (χ1n) is 9.52. The number of aromatic nitrogens is 3. The molecule has 11 nitrogen and oxygen atoms in total. The maximum Gasteiger partial charge on any atom is 0.303 e. The predicted molar refractivity (Wildman–Crippen MR) is 108 cm³/mol. The summed E-state index contributed by atoms with van der Waals surface area (Å²) in [5.41, 5.74) is 2.01. The number of fused-ring (bicyclic) bond motifs is 1. The van der Waals surface area contributed by atoms with Crippen LogP contribution in [0.15, 0.2) is 42.1 Å². The van der Waals surface area contributed by atoms with Gasteiger partial charge in [0.1, 0.15) is 6.04 Å². The van der Waals surface area contributed by atoms with Gasteiger partial charge in [0, 0.05) is 18.5 Å². The molecule has 1 saturated heterocycles. The zero-order valence-electron chi connectivity index (χ0n) is 16.7. The van der Waals surface area contributed by atoms with E-state index in [0.717, 1.165) is 16.2 Å². The molecule has 1 fully saturated rings. The second-order valence-electron chi connectivity index (χ2n) is 6.92. The van der Waals surface area contributed by atoms with Crippen molar-refractivity contribution in [1.82, 2.24) is 14.8 Å². The van der Waals surface area contributed by atoms with Crippen LogP contribution in [0.3, 0.4) is 0 Å². The number of aliphatic carboxylic acids is 2. The SMILES string of the molecule is CC1=CC(c2ccccc2)n2nc(N3C(=O)CCC3=O)nc2N1.O=C(O)CCC(=O)O. The van der Waals surface area contributed by atoms with Crippen LogP contribution in [0.5, 0.6) is 0 Å². The highest BCUT2D eigenvalue weighted by molar-refractivity contribution is 6.18. The Kier molecular flexibility index (Phi) is 6.43. The molecule has 0 bridgehead atoms. The van der Waals surface area contributed by atoms with Crippen molar-refractivity contribution in [3.05, 3.63) is 47.7 Å². The molecule has 1 aromatic carbocycles. The van der Waals surface area contributed by atoms with Crippen molar-refractivity contribution in [2.24, 2.45) is 0 Å². The van der Waals surface area contributed by atoms with E-state index in [1.165, 1.54) is 0 Å². The average Bonchev–Trinajstić information content (AvgIpc) is 3.29. The molecule has 11 heteroatoms. The summed E-state index contributed by atoms with van der Waals surface area (Å²) < 4.78 is 1.70. The van der Waals surface area contributed by atoms with Crippen LogP contribution >= 0.6 is 0 Å². The Balaban J connectivity index is 0.000000293. The van der Waals surface area contributed by atoms with E-state index in [2.05, 4.69) is 15.4 Å². The number of imide groups is 1. The van der Waals surface area contributed by atoms with Gasteiger partial charge in [-0.05, 0) is 18.6 Å². The van der Waals surface area contributed by atoms with Crippen molar-refractivity contribution >= 4 is 35.6 Å². The van der Waals surface area contributed by atoms with Crippen LogP contribution in [0.25, 0.3) is 0 Å². The first-order valence-corrected chi connectivity index (χ1v) is 9.52. The van der Waals surface area contributed by atoms with Gasteiger partial charge in [0.05, 0.1) is 12.8 Å². The van der Waals surface area contributed by atoms with Crippen LogP contribution in [-0.2, 0) is 19.2 Å². The zero-order valence-corrected chi connectivity index (χ0v) is 16.7. The van der Waals surface area contributed by atoms with Crippen molar-refractivity contribution in [3.8, 4) is 0 Å².